The Morgan fingerprint density at radius 2 is 1.95 bits per heavy atom. The zero-order valence-corrected chi connectivity index (χ0v) is 14.0. The van der Waals surface area contributed by atoms with Gasteiger partial charge in [-0.3, -0.25) is 0 Å². The van der Waals surface area contributed by atoms with Crippen molar-refractivity contribution >= 4 is 11.6 Å². The second-order valence-electron chi connectivity index (χ2n) is 6.58. The SMILES string of the molecule is CCNc1nc(C(C)(C)C)nc(N2CCCOCC2)c1C. The predicted octanol–water partition coefficient (Wildman–Crippen LogP) is 2.74. The van der Waals surface area contributed by atoms with Gasteiger partial charge in [0, 0.05) is 37.2 Å². The fourth-order valence-corrected chi connectivity index (χ4v) is 2.45. The van der Waals surface area contributed by atoms with E-state index in [9.17, 15) is 0 Å². The van der Waals surface area contributed by atoms with Crippen molar-refractivity contribution in [2.24, 2.45) is 0 Å². The number of aromatic nitrogens is 2. The Morgan fingerprint density at radius 1 is 1.19 bits per heavy atom. The molecule has 1 aliphatic rings. The Balaban J connectivity index is 2.44. The molecule has 0 saturated carbocycles. The topological polar surface area (TPSA) is 50.3 Å². The summed E-state index contributed by atoms with van der Waals surface area (Å²) in [5.74, 6) is 2.90. The molecule has 1 aliphatic heterocycles. The van der Waals surface area contributed by atoms with Gasteiger partial charge in [-0.15, -0.1) is 0 Å². The van der Waals surface area contributed by atoms with Crippen LogP contribution < -0.4 is 10.2 Å². The van der Waals surface area contributed by atoms with E-state index in [1.807, 2.05) is 0 Å². The first-order valence-electron chi connectivity index (χ1n) is 7.89. The molecule has 0 bridgehead atoms. The minimum Gasteiger partial charge on any atom is -0.380 e. The molecule has 1 N–H and O–H groups in total. The largest absolute Gasteiger partial charge is 0.380 e. The Kier molecular flexibility index (Phi) is 5.04. The number of nitrogens with zero attached hydrogens (tertiary/aromatic N) is 3. The molecular weight excluding hydrogens is 264 g/mol. The van der Waals surface area contributed by atoms with Crippen LogP contribution in [0.2, 0.25) is 0 Å². The van der Waals surface area contributed by atoms with Crippen LogP contribution >= 0.6 is 0 Å². The first kappa shape index (κ1) is 16.0. The molecule has 0 radical (unpaired) electrons. The summed E-state index contributed by atoms with van der Waals surface area (Å²) in [5.41, 5.74) is 1.07. The smallest absolute Gasteiger partial charge is 0.138 e. The van der Waals surface area contributed by atoms with Gasteiger partial charge in [-0.1, -0.05) is 20.8 Å². The Bertz CT molecular complexity index is 474. The van der Waals surface area contributed by atoms with E-state index in [-0.39, 0.29) is 5.41 Å². The van der Waals surface area contributed by atoms with Gasteiger partial charge in [0.15, 0.2) is 0 Å². The third-order valence-corrected chi connectivity index (χ3v) is 3.66. The van der Waals surface area contributed by atoms with E-state index in [0.29, 0.717) is 0 Å². The van der Waals surface area contributed by atoms with Gasteiger partial charge < -0.3 is 15.0 Å². The summed E-state index contributed by atoms with van der Waals surface area (Å²) in [6.45, 7) is 15.0. The normalized spacial score (nSPS) is 16.7. The van der Waals surface area contributed by atoms with Crippen molar-refractivity contribution in [2.45, 2.75) is 46.5 Å². The second kappa shape index (κ2) is 6.60. The maximum atomic E-state index is 5.56. The van der Waals surface area contributed by atoms with Crippen LogP contribution in [-0.4, -0.2) is 42.8 Å². The second-order valence-corrected chi connectivity index (χ2v) is 6.58. The van der Waals surface area contributed by atoms with Crippen LogP contribution in [0, 0.1) is 6.92 Å². The Morgan fingerprint density at radius 3 is 2.62 bits per heavy atom. The van der Waals surface area contributed by atoms with E-state index in [1.54, 1.807) is 0 Å². The number of anilines is 2. The van der Waals surface area contributed by atoms with Gasteiger partial charge in [-0.25, -0.2) is 9.97 Å². The van der Waals surface area contributed by atoms with Gasteiger partial charge in [0.25, 0.3) is 0 Å². The summed E-state index contributed by atoms with van der Waals surface area (Å²) in [6, 6.07) is 0. The van der Waals surface area contributed by atoms with Gasteiger partial charge in [-0.2, -0.15) is 0 Å². The molecule has 0 aromatic carbocycles. The van der Waals surface area contributed by atoms with Crippen LogP contribution in [0.15, 0.2) is 0 Å². The highest BCUT2D eigenvalue weighted by Gasteiger charge is 2.23. The molecule has 2 heterocycles. The van der Waals surface area contributed by atoms with Gasteiger partial charge in [0.2, 0.25) is 0 Å². The summed E-state index contributed by atoms with van der Waals surface area (Å²) in [4.78, 5) is 11.9. The molecule has 5 heteroatoms. The Labute approximate surface area is 128 Å². The molecule has 1 fully saturated rings. The first-order valence-corrected chi connectivity index (χ1v) is 7.89. The monoisotopic (exact) mass is 292 g/mol. The molecule has 0 unspecified atom stereocenters. The van der Waals surface area contributed by atoms with E-state index in [2.05, 4.69) is 44.8 Å². The van der Waals surface area contributed by atoms with Gasteiger partial charge in [-0.05, 0) is 20.3 Å². The highest BCUT2D eigenvalue weighted by molar-refractivity contribution is 5.59. The van der Waals surface area contributed by atoms with E-state index in [4.69, 9.17) is 14.7 Å². The molecule has 1 aromatic rings. The summed E-state index contributed by atoms with van der Waals surface area (Å²) in [6.07, 6.45) is 1.05. The van der Waals surface area contributed by atoms with E-state index < -0.39 is 0 Å². The lowest BCUT2D eigenvalue weighted by Crippen LogP contribution is -2.30. The van der Waals surface area contributed by atoms with Crippen LogP contribution in [0.25, 0.3) is 0 Å². The van der Waals surface area contributed by atoms with Crippen molar-refractivity contribution < 1.29 is 4.74 Å². The molecule has 1 aromatic heterocycles. The van der Waals surface area contributed by atoms with E-state index in [1.165, 1.54) is 0 Å². The molecule has 5 nitrogen and oxygen atoms in total. The lowest BCUT2D eigenvalue weighted by molar-refractivity contribution is 0.152. The zero-order chi connectivity index (χ0) is 15.5. The molecule has 0 aliphatic carbocycles. The first-order chi connectivity index (χ1) is 9.93. The lowest BCUT2D eigenvalue weighted by atomic mass is 9.95. The van der Waals surface area contributed by atoms with Gasteiger partial charge in [0.1, 0.15) is 17.5 Å². The van der Waals surface area contributed by atoms with E-state index in [0.717, 1.165) is 62.3 Å². The quantitative estimate of drug-likeness (QED) is 0.928. The fourth-order valence-electron chi connectivity index (χ4n) is 2.45. The summed E-state index contributed by atoms with van der Waals surface area (Å²) >= 11 is 0. The molecule has 2 rings (SSSR count). The molecule has 21 heavy (non-hydrogen) atoms. The third-order valence-electron chi connectivity index (χ3n) is 3.66. The number of rotatable bonds is 3. The van der Waals surface area contributed by atoms with Gasteiger partial charge in [0.05, 0.1) is 6.61 Å². The zero-order valence-electron chi connectivity index (χ0n) is 14.0. The standard InChI is InChI=1S/C16H28N4O/c1-6-17-13-12(2)14(19-15(18-13)16(3,4)5)20-8-7-10-21-11-9-20/h6-11H2,1-5H3,(H,17,18,19). The number of nitrogens with one attached hydrogen (secondary N) is 1. The average molecular weight is 292 g/mol. The number of hydrogen-bond donors (Lipinski definition) is 1. The lowest BCUT2D eigenvalue weighted by Gasteiger charge is -2.27. The predicted molar refractivity (Wildman–Crippen MR) is 87.3 cm³/mol. The fraction of sp³-hybridized carbons (Fsp3) is 0.750. The van der Waals surface area contributed by atoms with Crippen molar-refractivity contribution in [3.8, 4) is 0 Å². The number of ether oxygens (including phenoxy) is 1. The highest BCUT2D eigenvalue weighted by atomic mass is 16.5. The molecule has 0 atom stereocenters. The summed E-state index contributed by atoms with van der Waals surface area (Å²) < 4.78 is 5.56. The maximum Gasteiger partial charge on any atom is 0.138 e. The summed E-state index contributed by atoms with van der Waals surface area (Å²) in [5, 5.41) is 3.37. The molecule has 0 amide bonds. The van der Waals surface area contributed by atoms with Crippen LogP contribution in [0.1, 0.15) is 45.5 Å². The van der Waals surface area contributed by atoms with Crippen molar-refractivity contribution in [2.75, 3.05) is 43.1 Å². The minimum absolute atomic E-state index is 0.0605. The minimum atomic E-state index is -0.0605. The van der Waals surface area contributed by atoms with Crippen molar-refractivity contribution in [3.63, 3.8) is 0 Å². The molecule has 118 valence electrons. The van der Waals surface area contributed by atoms with Gasteiger partial charge >= 0.3 is 0 Å². The number of hydrogen-bond acceptors (Lipinski definition) is 5. The molecular formula is C16H28N4O. The molecule has 0 spiro atoms. The Hall–Kier alpha value is -1.36. The van der Waals surface area contributed by atoms with Crippen molar-refractivity contribution in [1.29, 1.82) is 0 Å². The van der Waals surface area contributed by atoms with Crippen LogP contribution in [0.5, 0.6) is 0 Å². The van der Waals surface area contributed by atoms with Crippen LogP contribution in [-0.2, 0) is 10.2 Å². The van der Waals surface area contributed by atoms with E-state index >= 15 is 0 Å². The van der Waals surface area contributed by atoms with Crippen molar-refractivity contribution in [1.82, 2.24) is 9.97 Å². The summed E-state index contributed by atoms with van der Waals surface area (Å²) in [7, 11) is 0. The maximum absolute atomic E-state index is 5.56. The molecule has 1 saturated heterocycles. The third kappa shape index (κ3) is 3.84. The average Bonchev–Trinajstić information content (AvgIpc) is 2.69. The van der Waals surface area contributed by atoms with Crippen LogP contribution in [0.4, 0.5) is 11.6 Å². The highest BCUT2D eigenvalue weighted by Crippen LogP contribution is 2.28. The van der Waals surface area contributed by atoms with Crippen molar-refractivity contribution in [3.05, 3.63) is 11.4 Å². The van der Waals surface area contributed by atoms with Crippen LogP contribution in [0.3, 0.4) is 0 Å².